The van der Waals surface area contributed by atoms with Gasteiger partial charge in [-0.1, -0.05) is 25.5 Å². The molecule has 0 saturated carbocycles. The Labute approximate surface area is 113 Å². The number of hydrogen-bond donors (Lipinski definition) is 2. The third kappa shape index (κ3) is 5.00. The summed E-state index contributed by atoms with van der Waals surface area (Å²) in [5.41, 5.74) is 0.841. The molecule has 6 heteroatoms. The molecule has 106 valence electrons. The summed E-state index contributed by atoms with van der Waals surface area (Å²) in [6.07, 6.45) is 1.00. The molecule has 1 unspecified atom stereocenters. The number of sulfonamides is 1. The normalized spacial score (nSPS) is 13.2. The van der Waals surface area contributed by atoms with Crippen molar-refractivity contribution in [3.8, 4) is 0 Å². The van der Waals surface area contributed by atoms with E-state index in [1.165, 1.54) is 6.07 Å². The van der Waals surface area contributed by atoms with Crippen molar-refractivity contribution in [2.24, 2.45) is 0 Å². The molecule has 0 spiro atoms. The fourth-order valence-electron chi connectivity index (χ4n) is 1.83. The molecule has 1 aromatic rings. The second kappa shape index (κ2) is 6.68. The largest absolute Gasteiger partial charge is 0.481 e. The fourth-order valence-corrected chi connectivity index (χ4v) is 3.21. The first-order valence-corrected chi connectivity index (χ1v) is 7.64. The number of benzene rings is 1. The van der Waals surface area contributed by atoms with Crippen LogP contribution >= 0.6 is 0 Å². The molecule has 1 rings (SSSR count). The molecular formula is C13H19NO4S. The summed E-state index contributed by atoms with van der Waals surface area (Å²) in [5, 5.41) is 8.79. The number of nitrogens with one attached hydrogen (secondary N) is 1. The van der Waals surface area contributed by atoms with Gasteiger partial charge >= 0.3 is 5.97 Å². The van der Waals surface area contributed by atoms with Crippen LogP contribution in [0.15, 0.2) is 29.2 Å². The Bertz CT molecular complexity index is 539. The number of carbonyl (C=O) groups is 1. The first kappa shape index (κ1) is 15.7. The number of aliphatic carboxylic acids is 1. The second-order valence-corrected chi connectivity index (χ2v) is 6.24. The maximum atomic E-state index is 12.1. The highest BCUT2D eigenvalue weighted by atomic mass is 32.2. The summed E-state index contributed by atoms with van der Waals surface area (Å²) < 4.78 is 26.8. The van der Waals surface area contributed by atoms with Gasteiger partial charge in [0.1, 0.15) is 0 Å². The Morgan fingerprint density at radius 3 is 2.63 bits per heavy atom. The van der Waals surface area contributed by atoms with Gasteiger partial charge in [-0.2, -0.15) is 0 Å². The molecule has 0 bridgehead atoms. The molecule has 19 heavy (non-hydrogen) atoms. The second-order valence-electron chi connectivity index (χ2n) is 4.52. The summed E-state index contributed by atoms with van der Waals surface area (Å²) in [4.78, 5) is 10.9. The Kier molecular flexibility index (Phi) is 5.50. The minimum absolute atomic E-state index is 0.166. The van der Waals surface area contributed by atoms with Crippen molar-refractivity contribution >= 4 is 16.0 Å². The molecule has 0 aromatic heterocycles. The van der Waals surface area contributed by atoms with Crippen LogP contribution in [-0.4, -0.2) is 25.5 Å². The maximum absolute atomic E-state index is 12.1. The molecule has 0 aliphatic heterocycles. The van der Waals surface area contributed by atoms with Crippen molar-refractivity contribution in [2.75, 3.05) is 0 Å². The summed E-state index contributed by atoms with van der Waals surface area (Å²) in [7, 11) is -3.66. The highest BCUT2D eigenvalue weighted by molar-refractivity contribution is 7.89. The molecule has 0 heterocycles. The monoisotopic (exact) mass is 285 g/mol. The van der Waals surface area contributed by atoms with Crippen LogP contribution in [-0.2, 0) is 14.8 Å². The highest BCUT2D eigenvalue weighted by Crippen LogP contribution is 2.13. The first-order chi connectivity index (χ1) is 8.85. The predicted octanol–water partition coefficient (Wildman–Crippen LogP) is 1.92. The van der Waals surface area contributed by atoms with Crippen LogP contribution in [0.4, 0.5) is 0 Å². The molecule has 0 amide bonds. The van der Waals surface area contributed by atoms with E-state index in [2.05, 4.69) is 4.72 Å². The van der Waals surface area contributed by atoms with Crippen molar-refractivity contribution in [3.63, 3.8) is 0 Å². The number of rotatable bonds is 7. The average Bonchev–Trinajstić information content (AvgIpc) is 2.27. The molecule has 0 aliphatic rings. The lowest BCUT2D eigenvalue weighted by atomic mass is 10.1. The lowest BCUT2D eigenvalue weighted by Gasteiger charge is -2.16. The van der Waals surface area contributed by atoms with Gasteiger partial charge in [0.2, 0.25) is 10.0 Å². The Morgan fingerprint density at radius 1 is 1.42 bits per heavy atom. The molecule has 2 N–H and O–H groups in total. The average molecular weight is 285 g/mol. The van der Waals surface area contributed by atoms with E-state index in [4.69, 9.17) is 5.11 Å². The van der Waals surface area contributed by atoms with E-state index in [9.17, 15) is 13.2 Å². The van der Waals surface area contributed by atoms with Crippen molar-refractivity contribution in [1.29, 1.82) is 0 Å². The molecule has 5 nitrogen and oxygen atoms in total. The van der Waals surface area contributed by atoms with Gasteiger partial charge in [-0.15, -0.1) is 0 Å². The van der Waals surface area contributed by atoms with E-state index in [0.717, 1.165) is 5.56 Å². The van der Waals surface area contributed by atoms with Crippen LogP contribution in [0.2, 0.25) is 0 Å². The van der Waals surface area contributed by atoms with Crippen molar-refractivity contribution in [1.82, 2.24) is 4.72 Å². The lowest BCUT2D eigenvalue weighted by molar-refractivity contribution is -0.137. The van der Waals surface area contributed by atoms with E-state index in [-0.39, 0.29) is 11.3 Å². The molecule has 0 saturated heterocycles. The summed E-state index contributed by atoms with van der Waals surface area (Å²) in [5.74, 6) is -1.01. The Hall–Kier alpha value is -1.40. The molecule has 0 radical (unpaired) electrons. The smallest absolute Gasteiger partial charge is 0.304 e. The maximum Gasteiger partial charge on any atom is 0.304 e. The van der Waals surface area contributed by atoms with Crippen LogP contribution in [0.25, 0.3) is 0 Å². The molecule has 0 fully saturated rings. The molecule has 1 aromatic carbocycles. The standard InChI is InChI=1S/C13H19NO4S/c1-3-5-11(9-13(15)16)14-19(17,18)12-7-4-6-10(2)8-12/h4,6-8,11,14H,3,5,9H2,1-2H3,(H,15,16). The number of carboxylic acid groups (broad SMARTS) is 1. The zero-order valence-electron chi connectivity index (χ0n) is 11.1. The molecule has 1 atom stereocenters. The van der Waals surface area contributed by atoms with Crippen molar-refractivity contribution in [2.45, 2.75) is 44.0 Å². The van der Waals surface area contributed by atoms with E-state index >= 15 is 0 Å². The van der Waals surface area contributed by atoms with Crippen LogP contribution < -0.4 is 4.72 Å². The predicted molar refractivity (Wildman–Crippen MR) is 72.4 cm³/mol. The minimum Gasteiger partial charge on any atom is -0.481 e. The van der Waals surface area contributed by atoms with E-state index < -0.39 is 22.0 Å². The SMILES string of the molecule is CCCC(CC(=O)O)NS(=O)(=O)c1cccc(C)c1. The molecule has 0 aliphatic carbocycles. The van der Waals surface area contributed by atoms with Gasteiger partial charge in [0.15, 0.2) is 0 Å². The van der Waals surface area contributed by atoms with E-state index in [1.54, 1.807) is 25.1 Å². The summed E-state index contributed by atoms with van der Waals surface area (Å²) >= 11 is 0. The quantitative estimate of drug-likeness (QED) is 0.801. The number of hydrogen-bond acceptors (Lipinski definition) is 3. The van der Waals surface area contributed by atoms with Crippen molar-refractivity contribution < 1.29 is 18.3 Å². The van der Waals surface area contributed by atoms with Gasteiger partial charge in [0, 0.05) is 6.04 Å². The first-order valence-electron chi connectivity index (χ1n) is 6.16. The Balaban J connectivity index is 2.90. The van der Waals surface area contributed by atoms with Gasteiger partial charge in [-0.05, 0) is 31.0 Å². The summed E-state index contributed by atoms with van der Waals surface area (Å²) in [6.45, 7) is 3.69. The summed E-state index contributed by atoms with van der Waals surface area (Å²) in [6, 6.07) is 5.95. The van der Waals surface area contributed by atoms with E-state index in [0.29, 0.717) is 12.8 Å². The van der Waals surface area contributed by atoms with Crippen LogP contribution in [0.1, 0.15) is 31.7 Å². The number of aryl methyl sites for hydroxylation is 1. The number of carboxylic acids is 1. The Morgan fingerprint density at radius 2 is 2.11 bits per heavy atom. The van der Waals surface area contributed by atoms with Gasteiger partial charge in [-0.3, -0.25) is 4.79 Å². The van der Waals surface area contributed by atoms with Crippen LogP contribution in [0.3, 0.4) is 0 Å². The third-order valence-corrected chi connectivity index (χ3v) is 4.20. The van der Waals surface area contributed by atoms with E-state index in [1.807, 2.05) is 6.92 Å². The molecular weight excluding hydrogens is 266 g/mol. The van der Waals surface area contributed by atoms with Crippen LogP contribution in [0, 0.1) is 6.92 Å². The topological polar surface area (TPSA) is 83.5 Å². The van der Waals surface area contributed by atoms with Gasteiger partial charge in [0.25, 0.3) is 0 Å². The van der Waals surface area contributed by atoms with Crippen LogP contribution in [0.5, 0.6) is 0 Å². The highest BCUT2D eigenvalue weighted by Gasteiger charge is 2.21. The fraction of sp³-hybridized carbons (Fsp3) is 0.462. The van der Waals surface area contributed by atoms with Crippen molar-refractivity contribution in [3.05, 3.63) is 29.8 Å². The van der Waals surface area contributed by atoms with Gasteiger partial charge < -0.3 is 5.11 Å². The third-order valence-electron chi connectivity index (χ3n) is 2.68. The lowest BCUT2D eigenvalue weighted by Crippen LogP contribution is -2.36. The zero-order chi connectivity index (χ0) is 14.5. The van der Waals surface area contributed by atoms with Gasteiger partial charge in [0.05, 0.1) is 11.3 Å². The minimum atomic E-state index is -3.66. The zero-order valence-corrected chi connectivity index (χ0v) is 11.9. The van der Waals surface area contributed by atoms with Gasteiger partial charge in [-0.25, -0.2) is 13.1 Å².